The summed E-state index contributed by atoms with van der Waals surface area (Å²) in [6.45, 7) is 1.58. The van der Waals surface area contributed by atoms with Gasteiger partial charge in [0.1, 0.15) is 11.6 Å². The van der Waals surface area contributed by atoms with Gasteiger partial charge in [-0.2, -0.15) is 0 Å². The van der Waals surface area contributed by atoms with Crippen LogP contribution in [-0.2, 0) is 0 Å². The van der Waals surface area contributed by atoms with Gasteiger partial charge in [0.25, 0.3) is 0 Å². The molecule has 0 bridgehead atoms. The van der Waals surface area contributed by atoms with Crippen LogP contribution >= 0.6 is 15.9 Å². The summed E-state index contributed by atoms with van der Waals surface area (Å²) in [6.07, 6.45) is 1.95. The van der Waals surface area contributed by atoms with Crippen LogP contribution in [0.5, 0.6) is 0 Å². The molecule has 94 valence electrons. The topological polar surface area (TPSA) is 15.3 Å². The number of nitrogens with zero attached hydrogens (tertiary/aromatic N) is 1. The Morgan fingerprint density at radius 2 is 1.88 bits per heavy atom. The average molecular weight is 305 g/mol. The lowest BCUT2D eigenvalue weighted by molar-refractivity contribution is 0.438. The number of halogens is 3. The molecule has 5 heteroatoms. The smallest absolute Gasteiger partial charge is 0.149 e. The molecule has 0 aromatic heterocycles. The fourth-order valence-electron chi connectivity index (χ4n) is 2.16. The average Bonchev–Trinajstić information content (AvgIpc) is 2.34. The zero-order chi connectivity index (χ0) is 12.4. The lowest BCUT2D eigenvalue weighted by Crippen LogP contribution is -2.41. The number of rotatable bonds is 2. The van der Waals surface area contributed by atoms with E-state index >= 15 is 0 Å². The SMILES string of the molecule is CNC1CCN(c2cc(Br)c(F)cc2F)CC1. The number of nitrogens with one attached hydrogen (secondary N) is 1. The summed E-state index contributed by atoms with van der Waals surface area (Å²) in [5, 5.41) is 3.22. The summed E-state index contributed by atoms with van der Waals surface area (Å²) >= 11 is 3.09. The number of piperidine rings is 1. The summed E-state index contributed by atoms with van der Waals surface area (Å²) in [4.78, 5) is 1.97. The monoisotopic (exact) mass is 304 g/mol. The Morgan fingerprint density at radius 1 is 1.24 bits per heavy atom. The van der Waals surface area contributed by atoms with Gasteiger partial charge in [0, 0.05) is 25.2 Å². The van der Waals surface area contributed by atoms with Crippen molar-refractivity contribution < 1.29 is 8.78 Å². The maximum atomic E-state index is 13.7. The van der Waals surface area contributed by atoms with E-state index in [9.17, 15) is 8.78 Å². The van der Waals surface area contributed by atoms with Crippen molar-refractivity contribution in [2.24, 2.45) is 0 Å². The van der Waals surface area contributed by atoms with Crippen LogP contribution in [0, 0.1) is 11.6 Å². The zero-order valence-electron chi connectivity index (χ0n) is 9.64. The molecule has 0 spiro atoms. The van der Waals surface area contributed by atoms with Crippen LogP contribution in [0.1, 0.15) is 12.8 Å². The molecule has 1 aliphatic rings. The summed E-state index contributed by atoms with van der Waals surface area (Å²) in [6, 6.07) is 2.95. The van der Waals surface area contributed by atoms with E-state index in [4.69, 9.17) is 0 Å². The second-order valence-corrected chi connectivity index (χ2v) is 5.12. The molecule has 0 aliphatic carbocycles. The van der Waals surface area contributed by atoms with Crippen molar-refractivity contribution in [2.45, 2.75) is 18.9 Å². The van der Waals surface area contributed by atoms with E-state index in [1.165, 1.54) is 6.07 Å². The molecule has 1 N–H and O–H groups in total. The van der Waals surface area contributed by atoms with Gasteiger partial charge in [-0.15, -0.1) is 0 Å². The molecule has 0 amide bonds. The highest BCUT2D eigenvalue weighted by atomic mass is 79.9. The van der Waals surface area contributed by atoms with Crippen molar-refractivity contribution in [3.05, 3.63) is 28.2 Å². The first kappa shape index (κ1) is 12.8. The van der Waals surface area contributed by atoms with E-state index in [-0.39, 0.29) is 0 Å². The predicted molar refractivity (Wildman–Crippen MR) is 68.4 cm³/mol. The highest BCUT2D eigenvalue weighted by molar-refractivity contribution is 9.10. The van der Waals surface area contributed by atoms with Gasteiger partial charge < -0.3 is 10.2 Å². The molecular weight excluding hydrogens is 290 g/mol. The fourth-order valence-corrected chi connectivity index (χ4v) is 2.49. The van der Waals surface area contributed by atoms with E-state index in [0.29, 0.717) is 16.2 Å². The molecule has 0 atom stereocenters. The third kappa shape index (κ3) is 2.77. The Morgan fingerprint density at radius 3 is 2.47 bits per heavy atom. The second-order valence-electron chi connectivity index (χ2n) is 4.27. The normalized spacial score (nSPS) is 17.5. The minimum Gasteiger partial charge on any atom is -0.369 e. The first-order valence-corrected chi connectivity index (χ1v) is 6.48. The van der Waals surface area contributed by atoms with Gasteiger partial charge in [0.05, 0.1) is 10.2 Å². The Balaban J connectivity index is 2.16. The van der Waals surface area contributed by atoms with Crippen LogP contribution in [0.4, 0.5) is 14.5 Å². The van der Waals surface area contributed by atoms with Gasteiger partial charge in [-0.3, -0.25) is 0 Å². The minimum absolute atomic E-state index is 0.310. The molecule has 1 aromatic rings. The van der Waals surface area contributed by atoms with Crippen LogP contribution < -0.4 is 10.2 Å². The first-order valence-electron chi connectivity index (χ1n) is 5.68. The van der Waals surface area contributed by atoms with Crippen molar-refractivity contribution in [1.29, 1.82) is 0 Å². The van der Waals surface area contributed by atoms with E-state index in [2.05, 4.69) is 21.2 Å². The highest BCUT2D eigenvalue weighted by Gasteiger charge is 2.21. The summed E-state index contributed by atoms with van der Waals surface area (Å²) in [5.74, 6) is -1.05. The van der Waals surface area contributed by atoms with Crippen LogP contribution in [0.25, 0.3) is 0 Å². The summed E-state index contributed by atoms with van der Waals surface area (Å²) in [5.41, 5.74) is 0.479. The van der Waals surface area contributed by atoms with Gasteiger partial charge in [0.15, 0.2) is 0 Å². The summed E-state index contributed by atoms with van der Waals surface area (Å²) < 4.78 is 27.1. The number of benzene rings is 1. The van der Waals surface area contributed by atoms with Crippen molar-refractivity contribution in [1.82, 2.24) is 5.32 Å². The molecule has 0 saturated carbocycles. The Kier molecular flexibility index (Phi) is 3.99. The van der Waals surface area contributed by atoms with Gasteiger partial charge >= 0.3 is 0 Å². The van der Waals surface area contributed by atoms with Crippen LogP contribution in [0.15, 0.2) is 16.6 Å². The molecule has 1 fully saturated rings. The molecular formula is C12H15BrF2N2. The van der Waals surface area contributed by atoms with Gasteiger partial charge in [-0.05, 0) is 41.9 Å². The number of hydrogen-bond acceptors (Lipinski definition) is 2. The first-order chi connectivity index (χ1) is 8.11. The minimum atomic E-state index is -0.559. The van der Waals surface area contributed by atoms with Gasteiger partial charge in [-0.1, -0.05) is 0 Å². The van der Waals surface area contributed by atoms with Gasteiger partial charge in [0.2, 0.25) is 0 Å². The molecule has 2 rings (SSSR count). The molecule has 2 nitrogen and oxygen atoms in total. The Hall–Kier alpha value is -0.680. The van der Waals surface area contributed by atoms with Crippen molar-refractivity contribution in [2.75, 3.05) is 25.0 Å². The molecule has 1 saturated heterocycles. The standard InChI is InChI=1S/C12H15BrF2N2/c1-16-8-2-4-17(5-3-8)12-6-9(13)10(14)7-11(12)15/h6-8,16H,2-5H2,1H3. The lowest BCUT2D eigenvalue weighted by Gasteiger charge is -2.33. The molecule has 17 heavy (non-hydrogen) atoms. The van der Waals surface area contributed by atoms with Crippen LogP contribution in [0.2, 0.25) is 0 Å². The van der Waals surface area contributed by atoms with E-state index < -0.39 is 11.6 Å². The Bertz CT molecular complexity index is 404. The highest BCUT2D eigenvalue weighted by Crippen LogP contribution is 2.28. The molecule has 1 aromatic carbocycles. The van der Waals surface area contributed by atoms with Gasteiger partial charge in [-0.25, -0.2) is 8.78 Å². The quantitative estimate of drug-likeness (QED) is 0.845. The molecule has 1 heterocycles. The molecule has 0 radical (unpaired) electrons. The third-order valence-electron chi connectivity index (χ3n) is 3.23. The number of anilines is 1. The Labute approximate surface area is 108 Å². The zero-order valence-corrected chi connectivity index (χ0v) is 11.2. The lowest BCUT2D eigenvalue weighted by atomic mass is 10.0. The van der Waals surface area contributed by atoms with Crippen LogP contribution in [0.3, 0.4) is 0 Å². The maximum Gasteiger partial charge on any atom is 0.149 e. The van der Waals surface area contributed by atoms with Crippen LogP contribution in [-0.4, -0.2) is 26.2 Å². The predicted octanol–water partition coefficient (Wildman–Crippen LogP) is 2.92. The maximum absolute atomic E-state index is 13.7. The largest absolute Gasteiger partial charge is 0.369 e. The van der Waals surface area contributed by atoms with E-state index in [0.717, 1.165) is 32.0 Å². The van der Waals surface area contributed by atoms with E-state index in [1.807, 2.05) is 11.9 Å². The van der Waals surface area contributed by atoms with E-state index in [1.54, 1.807) is 0 Å². The fraction of sp³-hybridized carbons (Fsp3) is 0.500. The summed E-state index contributed by atoms with van der Waals surface area (Å²) in [7, 11) is 1.94. The second kappa shape index (κ2) is 5.31. The number of hydrogen-bond donors (Lipinski definition) is 1. The van der Waals surface area contributed by atoms with Crippen molar-refractivity contribution in [3.63, 3.8) is 0 Å². The van der Waals surface area contributed by atoms with Crippen molar-refractivity contribution in [3.8, 4) is 0 Å². The molecule has 0 unspecified atom stereocenters. The third-order valence-corrected chi connectivity index (χ3v) is 3.84. The van der Waals surface area contributed by atoms with Crippen molar-refractivity contribution >= 4 is 21.6 Å². The molecule has 1 aliphatic heterocycles.